The maximum Gasteiger partial charge on any atom is 0.407 e. The van der Waals surface area contributed by atoms with E-state index < -0.39 is 17.8 Å². The number of methoxy groups -OCH3 is 1. The number of carbonyl (C=O) groups excluding carboxylic acids is 2. The average Bonchev–Trinajstić information content (AvgIpc) is 2.82. The van der Waals surface area contributed by atoms with Gasteiger partial charge in [-0.15, -0.1) is 0 Å². The molecule has 0 aliphatic heterocycles. The van der Waals surface area contributed by atoms with E-state index in [1.807, 2.05) is 42.5 Å². The van der Waals surface area contributed by atoms with Crippen LogP contribution in [-0.4, -0.2) is 29.9 Å². The van der Waals surface area contributed by atoms with Crippen molar-refractivity contribution in [2.45, 2.75) is 45.4 Å². The number of hydrogen-bond acceptors (Lipinski definition) is 5. The SMILES string of the molecule is COC(=O)c1ccc(Cc2ccc(Cl)cc2C(O)c2cccc(CNC(=O)OC(C)(C)C)c2)cc1. The third kappa shape index (κ3) is 7.57. The summed E-state index contributed by atoms with van der Waals surface area (Å²) < 4.78 is 10.0. The predicted octanol–water partition coefficient (Wildman–Crippen LogP) is 5.82. The predicted molar refractivity (Wildman–Crippen MR) is 136 cm³/mol. The summed E-state index contributed by atoms with van der Waals surface area (Å²) in [5, 5.41) is 14.5. The minimum absolute atomic E-state index is 0.268. The van der Waals surface area contributed by atoms with Gasteiger partial charge in [-0.1, -0.05) is 54.1 Å². The van der Waals surface area contributed by atoms with Gasteiger partial charge < -0.3 is 19.9 Å². The summed E-state index contributed by atoms with van der Waals surface area (Å²) in [6.07, 6.45) is -0.872. The first-order valence-electron chi connectivity index (χ1n) is 11.2. The van der Waals surface area contributed by atoms with E-state index >= 15 is 0 Å². The van der Waals surface area contributed by atoms with Gasteiger partial charge in [0.05, 0.1) is 12.7 Å². The third-order valence-corrected chi connectivity index (χ3v) is 5.51. The van der Waals surface area contributed by atoms with Crippen LogP contribution in [0.5, 0.6) is 0 Å². The topological polar surface area (TPSA) is 84.9 Å². The molecule has 0 radical (unpaired) electrons. The Morgan fingerprint density at radius 1 is 1.00 bits per heavy atom. The number of hydrogen-bond donors (Lipinski definition) is 2. The fraction of sp³-hybridized carbons (Fsp3) is 0.286. The van der Waals surface area contributed by atoms with Crippen LogP contribution in [0.1, 0.15) is 65.1 Å². The van der Waals surface area contributed by atoms with Crippen molar-refractivity contribution < 1.29 is 24.2 Å². The number of amides is 1. The lowest BCUT2D eigenvalue weighted by atomic mass is 9.92. The average molecular weight is 496 g/mol. The Morgan fingerprint density at radius 3 is 2.37 bits per heavy atom. The molecule has 184 valence electrons. The number of nitrogens with one attached hydrogen (secondary N) is 1. The molecule has 2 N–H and O–H groups in total. The molecule has 0 heterocycles. The number of halogens is 1. The Hall–Kier alpha value is -3.35. The Morgan fingerprint density at radius 2 is 1.71 bits per heavy atom. The molecule has 0 saturated heterocycles. The number of aliphatic hydroxyl groups is 1. The molecule has 0 aromatic heterocycles. The molecule has 35 heavy (non-hydrogen) atoms. The molecule has 3 rings (SSSR count). The van der Waals surface area contributed by atoms with E-state index in [1.165, 1.54) is 7.11 Å². The summed E-state index contributed by atoms with van der Waals surface area (Å²) in [5.41, 5.74) is 3.97. The maximum absolute atomic E-state index is 12.0. The molecule has 3 aromatic rings. The number of benzene rings is 3. The third-order valence-electron chi connectivity index (χ3n) is 5.27. The second-order valence-corrected chi connectivity index (χ2v) is 9.65. The van der Waals surface area contributed by atoms with Crippen molar-refractivity contribution in [1.82, 2.24) is 5.32 Å². The molecular weight excluding hydrogens is 466 g/mol. The summed E-state index contributed by atoms with van der Waals surface area (Å²) in [4.78, 5) is 23.7. The molecule has 0 fully saturated rings. The Balaban J connectivity index is 1.79. The molecule has 0 aliphatic carbocycles. The number of carbonyl (C=O) groups is 2. The van der Waals surface area contributed by atoms with Gasteiger partial charge >= 0.3 is 12.1 Å². The minimum Gasteiger partial charge on any atom is -0.465 e. The fourth-order valence-electron chi connectivity index (χ4n) is 3.62. The van der Waals surface area contributed by atoms with Gasteiger partial charge in [0.1, 0.15) is 11.7 Å². The number of rotatable bonds is 7. The molecule has 7 heteroatoms. The van der Waals surface area contributed by atoms with Crippen LogP contribution in [0.15, 0.2) is 66.7 Å². The standard InChI is InChI=1S/C28H30ClNO5/c1-28(2,3)35-27(33)30-17-19-6-5-7-22(15-19)25(31)24-16-23(29)13-12-21(24)14-18-8-10-20(11-9-18)26(32)34-4/h5-13,15-16,25,31H,14,17H2,1-4H3,(H,30,33). The smallest absolute Gasteiger partial charge is 0.407 e. The first kappa shape index (κ1) is 26.3. The molecule has 1 amide bonds. The second-order valence-electron chi connectivity index (χ2n) is 9.21. The highest BCUT2D eigenvalue weighted by Gasteiger charge is 2.18. The molecular formula is C28H30ClNO5. The molecule has 6 nitrogen and oxygen atoms in total. The van der Waals surface area contributed by atoms with Gasteiger partial charge in [0.15, 0.2) is 0 Å². The van der Waals surface area contributed by atoms with Gasteiger partial charge in [-0.25, -0.2) is 9.59 Å². The Labute approximate surface area is 210 Å². The van der Waals surface area contributed by atoms with E-state index in [1.54, 1.807) is 45.0 Å². The fourth-order valence-corrected chi connectivity index (χ4v) is 3.80. The van der Waals surface area contributed by atoms with Crippen LogP contribution in [0.25, 0.3) is 0 Å². The van der Waals surface area contributed by atoms with E-state index in [9.17, 15) is 14.7 Å². The van der Waals surface area contributed by atoms with Gasteiger partial charge in [-0.3, -0.25) is 0 Å². The highest BCUT2D eigenvalue weighted by atomic mass is 35.5. The highest BCUT2D eigenvalue weighted by molar-refractivity contribution is 6.30. The largest absolute Gasteiger partial charge is 0.465 e. The van der Waals surface area contributed by atoms with Crippen LogP contribution in [0.4, 0.5) is 4.79 Å². The second kappa shape index (κ2) is 11.4. The zero-order valence-electron chi connectivity index (χ0n) is 20.3. The minimum atomic E-state index is -0.917. The number of aliphatic hydroxyl groups excluding tert-OH is 1. The maximum atomic E-state index is 12.0. The van der Waals surface area contributed by atoms with Crippen LogP contribution in [0.2, 0.25) is 5.02 Å². The summed E-state index contributed by atoms with van der Waals surface area (Å²) in [6, 6.07) is 20.0. The van der Waals surface area contributed by atoms with Crippen molar-refractivity contribution in [3.05, 3.63) is 105 Å². The van der Waals surface area contributed by atoms with Crippen molar-refractivity contribution in [1.29, 1.82) is 0 Å². The zero-order valence-corrected chi connectivity index (χ0v) is 21.1. The van der Waals surface area contributed by atoms with Gasteiger partial charge in [-0.2, -0.15) is 0 Å². The number of ether oxygens (including phenoxy) is 2. The summed E-state index contributed by atoms with van der Waals surface area (Å²) in [7, 11) is 1.35. The normalized spacial score (nSPS) is 12.1. The van der Waals surface area contributed by atoms with Crippen molar-refractivity contribution in [2.75, 3.05) is 7.11 Å². The Bertz CT molecular complexity index is 1180. The zero-order chi connectivity index (χ0) is 25.6. The quantitative estimate of drug-likeness (QED) is 0.403. The molecule has 0 aliphatic rings. The summed E-state index contributed by atoms with van der Waals surface area (Å²) in [6.45, 7) is 5.68. The van der Waals surface area contributed by atoms with Gasteiger partial charge in [-0.05, 0) is 79.3 Å². The molecule has 1 atom stereocenters. The van der Waals surface area contributed by atoms with Gasteiger partial charge in [0, 0.05) is 11.6 Å². The van der Waals surface area contributed by atoms with Crippen LogP contribution in [0, 0.1) is 0 Å². The summed E-state index contributed by atoms with van der Waals surface area (Å²) >= 11 is 6.27. The van der Waals surface area contributed by atoms with Crippen LogP contribution in [0.3, 0.4) is 0 Å². The van der Waals surface area contributed by atoms with E-state index in [4.69, 9.17) is 21.1 Å². The lowest BCUT2D eigenvalue weighted by Crippen LogP contribution is -2.32. The number of esters is 1. The van der Waals surface area contributed by atoms with E-state index in [0.29, 0.717) is 28.1 Å². The molecule has 3 aromatic carbocycles. The first-order chi connectivity index (χ1) is 16.6. The Kier molecular flexibility index (Phi) is 8.54. The van der Waals surface area contributed by atoms with Gasteiger partial charge in [0.2, 0.25) is 0 Å². The van der Waals surface area contributed by atoms with Crippen LogP contribution < -0.4 is 5.32 Å². The van der Waals surface area contributed by atoms with E-state index in [-0.39, 0.29) is 12.5 Å². The molecule has 1 unspecified atom stereocenters. The number of alkyl carbamates (subject to hydrolysis) is 1. The van der Waals surface area contributed by atoms with Crippen LogP contribution in [-0.2, 0) is 22.4 Å². The highest BCUT2D eigenvalue weighted by Crippen LogP contribution is 2.30. The van der Waals surface area contributed by atoms with Crippen LogP contribution >= 0.6 is 11.6 Å². The molecule has 0 bridgehead atoms. The lowest BCUT2D eigenvalue weighted by Gasteiger charge is -2.20. The van der Waals surface area contributed by atoms with Crippen molar-refractivity contribution >= 4 is 23.7 Å². The lowest BCUT2D eigenvalue weighted by molar-refractivity contribution is 0.0522. The molecule has 0 saturated carbocycles. The monoisotopic (exact) mass is 495 g/mol. The summed E-state index contributed by atoms with van der Waals surface area (Å²) in [5.74, 6) is -0.389. The molecule has 0 spiro atoms. The van der Waals surface area contributed by atoms with E-state index in [2.05, 4.69) is 5.32 Å². The van der Waals surface area contributed by atoms with Crippen molar-refractivity contribution in [3.63, 3.8) is 0 Å². The van der Waals surface area contributed by atoms with Gasteiger partial charge in [0.25, 0.3) is 0 Å². The first-order valence-corrected chi connectivity index (χ1v) is 11.6. The van der Waals surface area contributed by atoms with Crippen molar-refractivity contribution in [3.8, 4) is 0 Å². The van der Waals surface area contributed by atoms with Crippen molar-refractivity contribution in [2.24, 2.45) is 0 Å². The van der Waals surface area contributed by atoms with E-state index in [0.717, 1.165) is 16.7 Å².